The number of methoxy groups -OCH3 is 2. The van der Waals surface area contributed by atoms with Crippen LogP contribution >= 0.6 is 0 Å². The number of halogens is 1. The first kappa shape index (κ1) is 13.7. The van der Waals surface area contributed by atoms with Crippen LogP contribution in [0.5, 0.6) is 11.5 Å². The van der Waals surface area contributed by atoms with E-state index >= 15 is 0 Å². The third-order valence-electron chi connectivity index (χ3n) is 2.80. The second-order valence-corrected chi connectivity index (χ2v) is 3.97. The maximum Gasteiger partial charge on any atom is 0.145 e. The Labute approximate surface area is 116 Å². The van der Waals surface area contributed by atoms with Crippen molar-refractivity contribution in [3.63, 3.8) is 0 Å². The zero-order chi connectivity index (χ0) is 14.5. The van der Waals surface area contributed by atoms with Crippen molar-refractivity contribution in [3.8, 4) is 17.6 Å². The van der Waals surface area contributed by atoms with Gasteiger partial charge in [-0.25, -0.2) is 4.39 Å². The van der Waals surface area contributed by atoms with Crippen LogP contribution in [0, 0.1) is 17.1 Å². The van der Waals surface area contributed by atoms with Gasteiger partial charge in [0, 0.05) is 6.07 Å². The lowest BCUT2D eigenvalue weighted by Gasteiger charge is -2.13. The van der Waals surface area contributed by atoms with Gasteiger partial charge >= 0.3 is 0 Å². The van der Waals surface area contributed by atoms with Gasteiger partial charge in [0.25, 0.3) is 0 Å². The standard InChI is InChI=1S/C15H13FN2O2/c1-19-10-6-7-14(15(8-10)20-2)18-13-5-3-4-12(16)11(13)9-17/h3-8,18H,1-2H3. The zero-order valence-corrected chi connectivity index (χ0v) is 11.1. The lowest BCUT2D eigenvalue weighted by atomic mass is 10.1. The van der Waals surface area contributed by atoms with Gasteiger partial charge in [0.1, 0.15) is 28.9 Å². The average Bonchev–Trinajstić information content (AvgIpc) is 2.48. The maximum atomic E-state index is 13.5. The fourth-order valence-electron chi connectivity index (χ4n) is 1.79. The van der Waals surface area contributed by atoms with Crippen molar-refractivity contribution in [1.29, 1.82) is 5.26 Å². The van der Waals surface area contributed by atoms with E-state index < -0.39 is 5.82 Å². The molecule has 0 unspecified atom stereocenters. The Morgan fingerprint density at radius 3 is 2.55 bits per heavy atom. The molecule has 20 heavy (non-hydrogen) atoms. The summed E-state index contributed by atoms with van der Waals surface area (Å²) >= 11 is 0. The number of hydrogen-bond donors (Lipinski definition) is 1. The Balaban J connectivity index is 2.40. The van der Waals surface area contributed by atoms with Gasteiger partial charge in [-0.05, 0) is 24.3 Å². The van der Waals surface area contributed by atoms with Gasteiger partial charge in [-0.3, -0.25) is 0 Å². The van der Waals surface area contributed by atoms with Gasteiger partial charge in [0.15, 0.2) is 0 Å². The molecule has 0 spiro atoms. The van der Waals surface area contributed by atoms with Crippen molar-refractivity contribution in [3.05, 3.63) is 47.8 Å². The smallest absolute Gasteiger partial charge is 0.145 e. The Hall–Kier alpha value is -2.74. The van der Waals surface area contributed by atoms with Crippen LogP contribution in [0.25, 0.3) is 0 Å². The number of ether oxygens (including phenoxy) is 2. The SMILES string of the molecule is COc1ccc(Nc2cccc(F)c2C#N)c(OC)c1. The molecular weight excluding hydrogens is 259 g/mol. The van der Waals surface area contributed by atoms with E-state index in [-0.39, 0.29) is 5.56 Å². The van der Waals surface area contributed by atoms with Gasteiger partial charge in [-0.2, -0.15) is 5.26 Å². The van der Waals surface area contributed by atoms with Crippen molar-refractivity contribution < 1.29 is 13.9 Å². The van der Waals surface area contributed by atoms with Gasteiger partial charge in [0.05, 0.1) is 25.6 Å². The lowest BCUT2D eigenvalue weighted by molar-refractivity contribution is 0.395. The number of benzene rings is 2. The molecule has 0 fully saturated rings. The van der Waals surface area contributed by atoms with Crippen molar-refractivity contribution in [2.75, 3.05) is 19.5 Å². The molecule has 0 bridgehead atoms. The lowest BCUT2D eigenvalue weighted by Crippen LogP contribution is -1.98. The summed E-state index contributed by atoms with van der Waals surface area (Å²) in [5.41, 5.74) is 0.969. The highest BCUT2D eigenvalue weighted by Gasteiger charge is 2.10. The van der Waals surface area contributed by atoms with Crippen molar-refractivity contribution >= 4 is 11.4 Å². The minimum absolute atomic E-state index is 0.0367. The quantitative estimate of drug-likeness (QED) is 0.926. The number of hydrogen-bond acceptors (Lipinski definition) is 4. The Bertz CT molecular complexity index is 665. The highest BCUT2D eigenvalue weighted by atomic mass is 19.1. The second-order valence-electron chi connectivity index (χ2n) is 3.97. The van der Waals surface area contributed by atoms with Gasteiger partial charge < -0.3 is 14.8 Å². The summed E-state index contributed by atoms with van der Waals surface area (Å²) < 4.78 is 23.9. The molecule has 2 rings (SSSR count). The number of rotatable bonds is 4. The highest BCUT2D eigenvalue weighted by Crippen LogP contribution is 2.32. The van der Waals surface area contributed by atoms with Gasteiger partial charge in [-0.1, -0.05) is 6.07 Å². The summed E-state index contributed by atoms with van der Waals surface area (Å²) in [6, 6.07) is 11.4. The van der Waals surface area contributed by atoms with E-state index in [1.807, 2.05) is 6.07 Å². The summed E-state index contributed by atoms with van der Waals surface area (Å²) in [5, 5.41) is 12.0. The summed E-state index contributed by atoms with van der Waals surface area (Å²) in [6.45, 7) is 0. The van der Waals surface area contributed by atoms with Crippen LogP contribution < -0.4 is 14.8 Å². The molecule has 2 aromatic carbocycles. The number of nitrogens with zero attached hydrogens (tertiary/aromatic N) is 1. The third-order valence-corrected chi connectivity index (χ3v) is 2.80. The molecule has 0 saturated carbocycles. The van der Waals surface area contributed by atoms with Crippen LogP contribution in [0.15, 0.2) is 36.4 Å². The molecule has 1 N–H and O–H groups in total. The molecule has 0 saturated heterocycles. The number of nitrogens with one attached hydrogen (secondary N) is 1. The fraction of sp³-hybridized carbons (Fsp3) is 0.133. The summed E-state index contributed by atoms with van der Waals surface area (Å²) in [5.74, 6) is 0.620. The van der Waals surface area contributed by atoms with Crippen LogP contribution in [-0.2, 0) is 0 Å². The normalized spacial score (nSPS) is 9.70. The van der Waals surface area contributed by atoms with Crippen LogP contribution in [0.1, 0.15) is 5.56 Å². The Kier molecular flexibility index (Phi) is 4.06. The molecule has 0 atom stereocenters. The van der Waals surface area contributed by atoms with Gasteiger partial charge in [-0.15, -0.1) is 0 Å². The summed E-state index contributed by atoms with van der Waals surface area (Å²) in [7, 11) is 3.08. The fourth-order valence-corrected chi connectivity index (χ4v) is 1.79. The number of anilines is 2. The van der Waals surface area contributed by atoms with E-state index in [0.717, 1.165) is 0 Å². The van der Waals surface area contributed by atoms with E-state index in [0.29, 0.717) is 22.9 Å². The molecule has 4 nitrogen and oxygen atoms in total. The van der Waals surface area contributed by atoms with E-state index in [2.05, 4.69) is 5.32 Å². The Morgan fingerprint density at radius 2 is 1.90 bits per heavy atom. The molecule has 0 aliphatic carbocycles. The molecule has 0 aliphatic heterocycles. The molecule has 0 radical (unpaired) electrons. The van der Waals surface area contributed by atoms with E-state index in [4.69, 9.17) is 14.7 Å². The average molecular weight is 272 g/mol. The molecule has 2 aromatic rings. The van der Waals surface area contributed by atoms with Crippen molar-refractivity contribution in [2.24, 2.45) is 0 Å². The summed E-state index contributed by atoms with van der Waals surface area (Å²) in [4.78, 5) is 0. The molecule has 0 aromatic heterocycles. The minimum Gasteiger partial charge on any atom is -0.497 e. The van der Waals surface area contributed by atoms with Gasteiger partial charge in [0.2, 0.25) is 0 Å². The van der Waals surface area contributed by atoms with Crippen LogP contribution in [0.4, 0.5) is 15.8 Å². The molecule has 0 amide bonds. The third kappa shape index (κ3) is 2.64. The first-order chi connectivity index (χ1) is 9.69. The van der Waals surface area contributed by atoms with E-state index in [9.17, 15) is 4.39 Å². The topological polar surface area (TPSA) is 54.3 Å². The van der Waals surface area contributed by atoms with Crippen molar-refractivity contribution in [2.45, 2.75) is 0 Å². The highest BCUT2D eigenvalue weighted by molar-refractivity contribution is 5.71. The van der Waals surface area contributed by atoms with Crippen molar-refractivity contribution in [1.82, 2.24) is 0 Å². The van der Waals surface area contributed by atoms with Crippen LogP contribution in [0.3, 0.4) is 0 Å². The molecule has 0 heterocycles. The Morgan fingerprint density at radius 1 is 1.10 bits per heavy atom. The molecule has 102 valence electrons. The monoisotopic (exact) mass is 272 g/mol. The summed E-state index contributed by atoms with van der Waals surface area (Å²) in [6.07, 6.45) is 0. The molecule has 5 heteroatoms. The molecule has 0 aliphatic rings. The minimum atomic E-state index is -0.565. The zero-order valence-electron chi connectivity index (χ0n) is 11.1. The molecular formula is C15H13FN2O2. The predicted octanol–water partition coefficient (Wildman–Crippen LogP) is 3.46. The largest absolute Gasteiger partial charge is 0.497 e. The second kappa shape index (κ2) is 5.93. The van der Waals surface area contributed by atoms with Crippen LogP contribution in [-0.4, -0.2) is 14.2 Å². The van der Waals surface area contributed by atoms with Crippen LogP contribution in [0.2, 0.25) is 0 Å². The first-order valence-electron chi connectivity index (χ1n) is 5.87. The maximum absolute atomic E-state index is 13.5. The number of nitriles is 1. The predicted molar refractivity (Wildman–Crippen MR) is 73.9 cm³/mol. The van der Waals surface area contributed by atoms with E-state index in [1.54, 1.807) is 31.4 Å². The van der Waals surface area contributed by atoms with E-state index in [1.165, 1.54) is 19.2 Å². The first-order valence-corrected chi connectivity index (χ1v) is 5.87.